The van der Waals surface area contributed by atoms with Gasteiger partial charge < -0.3 is 35.2 Å². The Morgan fingerprint density at radius 1 is 1.14 bits per heavy atom. The van der Waals surface area contributed by atoms with Crippen molar-refractivity contribution in [2.75, 3.05) is 77.6 Å². The molecule has 35 heavy (non-hydrogen) atoms. The van der Waals surface area contributed by atoms with E-state index in [2.05, 4.69) is 39.0 Å². The number of hydrogen-bond donors (Lipinski definition) is 3. The number of nitrogens with zero attached hydrogens (tertiary/aromatic N) is 2. The van der Waals surface area contributed by atoms with E-state index < -0.39 is 0 Å². The Labute approximate surface area is 208 Å². The number of hydrogen-bond acceptors (Lipinski definition) is 7. The third kappa shape index (κ3) is 7.32. The first kappa shape index (κ1) is 25.7. The molecule has 0 aliphatic carbocycles. The predicted molar refractivity (Wildman–Crippen MR) is 136 cm³/mol. The Balaban J connectivity index is 1.40. The predicted octanol–water partition coefficient (Wildman–Crippen LogP) is 0.976. The van der Waals surface area contributed by atoms with Crippen LogP contribution in [0.5, 0.6) is 5.75 Å². The molecule has 3 aliphatic heterocycles. The van der Waals surface area contributed by atoms with Gasteiger partial charge in [-0.2, -0.15) is 0 Å². The summed E-state index contributed by atoms with van der Waals surface area (Å²) in [6.07, 6.45) is 3.22. The Morgan fingerprint density at radius 3 is 2.83 bits per heavy atom. The van der Waals surface area contributed by atoms with E-state index in [0.717, 1.165) is 63.3 Å². The Morgan fingerprint density at radius 2 is 2.00 bits per heavy atom. The monoisotopic (exact) mass is 487 g/mol. The van der Waals surface area contributed by atoms with Crippen molar-refractivity contribution >= 4 is 17.5 Å². The van der Waals surface area contributed by atoms with Crippen LogP contribution in [0.4, 0.5) is 5.69 Å². The summed E-state index contributed by atoms with van der Waals surface area (Å²) in [7, 11) is 1.63. The van der Waals surface area contributed by atoms with E-state index in [1.807, 2.05) is 4.90 Å². The SMILES string of the molecule is COCCNC(=O)C[C@@H]1CCN2C[C@@H]1CCCOc1ccc(N3CCNCC3)cc1CNCC2=O. The number of methoxy groups -OCH3 is 1. The minimum atomic E-state index is 0.0712. The highest BCUT2D eigenvalue weighted by Crippen LogP contribution is 2.31. The van der Waals surface area contributed by atoms with Gasteiger partial charge in [0.25, 0.3) is 0 Å². The van der Waals surface area contributed by atoms with Crippen molar-refractivity contribution in [2.45, 2.75) is 32.2 Å². The van der Waals surface area contributed by atoms with Gasteiger partial charge in [-0.05, 0) is 49.3 Å². The summed E-state index contributed by atoms with van der Waals surface area (Å²) in [6.45, 7) is 8.01. The summed E-state index contributed by atoms with van der Waals surface area (Å²) in [6, 6.07) is 6.42. The highest BCUT2D eigenvalue weighted by molar-refractivity contribution is 5.78. The van der Waals surface area contributed by atoms with Gasteiger partial charge in [-0.15, -0.1) is 0 Å². The van der Waals surface area contributed by atoms with Crippen LogP contribution in [-0.2, 0) is 20.9 Å². The molecule has 3 aliphatic rings. The quantitative estimate of drug-likeness (QED) is 0.515. The summed E-state index contributed by atoms with van der Waals surface area (Å²) in [5, 5.41) is 9.70. The van der Waals surface area contributed by atoms with Gasteiger partial charge in [0.15, 0.2) is 0 Å². The molecule has 9 nitrogen and oxygen atoms in total. The minimum absolute atomic E-state index is 0.0712. The van der Waals surface area contributed by atoms with Gasteiger partial charge in [-0.25, -0.2) is 0 Å². The second kappa shape index (κ2) is 13.1. The average Bonchev–Trinajstić information content (AvgIpc) is 2.89. The lowest BCUT2D eigenvalue weighted by molar-refractivity contribution is -0.133. The molecule has 1 aromatic carbocycles. The second-order valence-electron chi connectivity index (χ2n) is 9.82. The molecule has 2 amide bonds. The zero-order chi connectivity index (χ0) is 24.5. The van der Waals surface area contributed by atoms with E-state index in [9.17, 15) is 9.59 Å². The number of ether oxygens (including phenoxy) is 2. The van der Waals surface area contributed by atoms with Crippen molar-refractivity contribution in [1.82, 2.24) is 20.9 Å². The van der Waals surface area contributed by atoms with Crippen LogP contribution in [0.15, 0.2) is 18.2 Å². The molecule has 0 aromatic heterocycles. The van der Waals surface area contributed by atoms with Crippen LogP contribution < -0.4 is 25.6 Å². The van der Waals surface area contributed by atoms with Crippen molar-refractivity contribution in [3.8, 4) is 5.75 Å². The molecular weight excluding hydrogens is 446 g/mol. The topological polar surface area (TPSA) is 95.2 Å². The standard InChI is InChI=1S/C26H41N5O4/c1-34-14-9-29-25(32)16-20-6-10-31-19-21(20)3-2-13-35-24-5-4-23(30-11-7-27-8-12-30)15-22(24)17-28-18-26(31)33/h4-5,15,20-21,27-28H,2-3,6-14,16-19H2,1H3,(H,29,32)/t20-,21-/m0/s1. The van der Waals surface area contributed by atoms with Crippen LogP contribution in [-0.4, -0.2) is 89.4 Å². The van der Waals surface area contributed by atoms with Gasteiger partial charge in [0.05, 0.1) is 19.8 Å². The smallest absolute Gasteiger partial charge is 0.236 e. The fourth-order valence-corrected chi connectivity index (χ4v) is 5.41. The van der Waals surface area contributed by atoms with Gasteiger partial charge in [0, 0.05) is 77.1 Å². The molecule has 1 aromatic rings. The van der Waals surface area contributed by atoms with E-state index >= 15 is 0 Å². The average molecular weight is 488 g/mol. The van der Waals surface area contributed by atoms with Gasteiger partial charge in [-0.1, -0.05) is 0 Å². The number of anilines is 1. The van der Waals surface area contributed by atoms with E-state index in [1.54, 1.807) is 7.11 Å². The van der Waals surface area contributed by atoms with Crippen LogP contribution in [0, 0.1) is 11.8 Å². The van der Waals surface area contributed by atoms with Crippen molar-refractivity contribution in [3.63, 3.8) is 0 Å². The molecule has 2 fully saturated rings. The number of amides is 2. The van der Waals surface area contributed by atoms with Crippen LogP contribution in [0.25, 0.3) is 0 Å². The highest BCUT2D eigenvalue weighted by Gasteiger charge is 2.32. The number of carbonyl (C=O) groups excluding carboxylic acids is 2. The largest absolute Gasteiger partial charge is 0.493 e. The Kier molecular flexibility index (Phi) is 9.62. The molecule has 2 bridgehead atoms. The van der Waals surface area contributed by atoms with E-state index in [0.29, 0.717) is 51.7 Å². The normalized spacial score (nSPS) is 23.9. The first-order chi connectivity index (χ1) is 17.1. The maximum absolute atomic E-state index is 13.0. The van der Waals surface area contributed by atoms with E-state index in [-0.39, 0.29) is 17.7 Å². The maximum Gasteiger partial charge on any atom is 0.236 e. The summed E-state index contributed by atoms with van der Waals surface area (Å²) in [5.74, 6) is 1.69. The molecule has 194 valence electrons. The number of piperidine rings is 1. The summed E-state index contributed by atoms with van der Waals surface area (Å²) in [5.41, 5.74) is 2.30. The molecule has 0 radical (unpaired) electrons. The molecule has 0 unspecified atom stereocenters. The summed E-state index contributed by atoms with van der Waals surface area (Å²) < 4.78 is 11.3. The van der Waals surface area contributed by atoms with Gasteiger partial charge in [0.1, 0.15) is 5.75 Å². The van der Waals surface area contributed by atoms with E-state index in [4.69, 9.17) is 9.47 Å². The summed E-state index contributed by atoms with van der Waals surface area (Å²) >= 11 is 0. The van der Waals surface area contributed by atoms with Crippen molar-refractivity contribution in [1.29, 1.82) is 0 Å². The number of rotatable bonds is 6. The lowest BCUT2D eigenvalue weighted by Crippen LogP contribution is -2.47. The maximum atomic E-state index is 13.0. The van der Waals surface area contributed by atoms with Gasteiger partial charge in [0.2, 0.25) is 11.8 Å². The fourth-order valence-electron chi connectivity index (χ4n) is 5.41. The van der Waals surface area contributed by atoms with Crippen molar-refractivity contribution < 1.29 is 19.1 Å². The molecule has 2 atom stereocenters. The minimum Gasteiger partial charge on any atom is -0.493 e. The second-order valence-corrected chi connectivity index (χ2v) is 9.82. The molecule has 4 rings (SSSR count). The molecule has 3 heterocycles. The number of piperazine rings is 1. The fraction of sp³-hybridized carbons (Fsp3) is 0.692. The van der Waals surface area contributed by atoms with Crippen molar-refractivity contribution in [2.24, 2.45) is 11.8 Å². The lowest BCUT2D eigenvalue weighted by atomic mass is 9.80. The van der Waals surface area contributed by atoms with Crippen LogP contribution in [0.2, 0.25) is 0 Å². The first-order valence-electron chi connectivity index (χ1n) is 13.1. The lowest BCUT2D eigenvalue weighted by Gasteiger charge is -2.38. The number of benzene rings is 1. The van der Waals surface area contributed by atoms with Crippen LogP contribution >= 0.6 is 0 Å². The van der Waals surface area contributed by atoms with Gasteiger partial charge >= 0.3 is 0 Å². The van der Waals surface area contributed by atoms with E-state index in [1.165, 1.54) is 5.69 Å². The van der Waals surface area contributed by atoms with Gasteiger partial charge in [-0.3, -0.25) is 9.59 Å². The number of fused-ring (bicyclic) bond motifs is 3. The number of carbonyl (C=O) groups is 2. The number of nitrogens with one attached hydrogen (secondary N) is 3. The Bertz CT molecular complexity index is 845. The molecule has 3 N–H and O–H groups in total. The zero-order valence-electron chi connectivity index (χ0n) is 21.0. The van der Waals surface area contributed by atoms with Crippen LogP contribution in [0.1, 0.15) is 31.2 Å². The van der Waals surface area contributed by atoms with Crippen LogP contribution in [0.3, 0.4) is 0 Å². The molecular formula is C26H41N5O4. The highest BCUT2D eigenvalue weighted by atomic mass is 16.5. The molecule has 9 heteroatoms. The zero-order valence-corrected chi connectivity index (χ0v) is 21.0. The molecule has 0 spiro atoms. The summed E-state index contributed by atoms with van der Waals surface area (Å²) in [4.78, 5) is 29.8. The third-order valence-electron chi connectivity index (χ3n) is 7.41. The third-order valence-corrected chi connectivity index (χ3v) is 7.41. The first-order valence-corrected chi connectivity index (χ1v) is 13.1. The Hall–Kier alpha value is -2.36. The van der Waals surface area contributed by atoms with Crippen molar-refractivity contribution in [3.05, 3.63) is 23.8 Å². The molecule has 2 saturated heterocycles. The molecule has 0 saturated carbocycles.